The first-order valence-electron chi connectivity index (χ1n) is 10.4. The highest BCUT2D eigenvalue weighted by Crippen LogP contribution is 2.34. The molecule has 2 aliphatic heterocycles. The molecule has 1 saturated heterocycles. The van der Waals surface area contributed by atoms with Gasteiger partial charge in [0.05, 0.1) is 17.2 Å². The maximum Gasteiger partial charge on any atom is 0.238 e. The molecular weight excluding hydrogens is 420 g/mol. The molecule has 31 heavy (non-hydrogen) atoms. The minimum atomic E-state index is -0.949. The second-order valence-corrected chi connectivity index (χ2v) is 8.60. The summed E-state index contributed by atoms with van der Waals surface area (Å²) in [5.74, 6) is 1.79. The van der Waals surface area contributed by atoms with Crippen molar-refractivity contribution in [2.24, 2.45) is 0 Å². The quantitative estimate of drug-likeness (QED) is 0.705. The number of benzene rings is 2. The van der Waals surface area contributed by atoms with Gasteiger partial charge in [-0.05, 0) is 62.6 Å². The number of carbonyl (C=O) groups is 1. The number of nitrogens with one attached hydrogen (secondary N) is 1. The lowest BCUT2D eigenvalue weighted by molar-refractivity contribution is -0.117. The average molecular weight is 447 g/mol. The highest BCUT2D eigenvalue weighted by Gasteiger charge is 2.32. The van der Waals surface area contributed by atoms with Gasteiger partial charge < -0.3 is 24.6 Å². The van der Waals surface area contributed by atoms with Crippen LogP contribution in [0.1, 0.15) is 24.8 Å². The van der Waals surface area contributed by atoms with E-state index in [2.05, 4.69) is 10.2 Å². The number of fused-ring (bicyclic) bond motifs is 1. The monoisotopic (exact) mass is 446 g/mol. The molecule has 2 heterocycles. The summed E-state index contributed by atoms with van der Waals surface area (Å²) in [6.45, 7) is 3.94. The smallest absolute Gasteiger partial charge is 0.238 e. The van der Waals surface area contributed by atoms with E-state index in [0.29, 0.717) is 47.3 Å². The molecule has 166 valence electrons. The van der Waals surface area contributed by atoms with Gasteiger partial charge in [0.2, 0.25) is 12.7 Å². The molecule has 1 amide bonds. The van der Waals surface area contributed by atoms with Crippen molar-refractivity contribution in [3.05, 3.63) is 47.0 Å². The Labute approximate surface area is 186 Å². The van der Waals surface area contributed by atoms with Crippen molar-refractivity contribution >= 4 is 23.2 Å². The third kappa shape index (κ3) is 5.61. The Morgan fingerprint density at radius 3 is 2.90 bits per heavy atom. The van der Waals surface area contributed by atoms with Gasteiger partial charge in [-0.15, -0.1) is 0 Å². The van der Waals surface area contributed by atoms with Crippen molar-refractivity contribution in [2.75, 3.05) is 38.4 Å². The van der Waals surface area contributed by atoms with Crippen molar-refractivity contribution in [3.63, 3.8) is 0 Å². The molecule has 2 aliphatic rings. The van der Waals surface area contributed by atoms with Crippen LogP contribution in [0.15, 0.2) is 36.4 Å². The first-order valence-corrected chi connectivity index (χ1v) is 10.8. The molecule has 0 spiro atoms. The Morgan fingerprint density at radius 2 is 2.03 bits per heavy atom. The molecule has 1 atom stereocenters. The maximum absolute atomic E-state index is 12.5. The summed E-state index contributed by atoms with van der Waals surface area (Å²) >= 11 is 6.20. The van der Waals surface area contributed by atoms with Crippen LogP contribution in [0.2, 0.25) is 5.02 Å². The summed E-state index contributed by atoms with van der Waals surface area (Å²) in [5.41, 5.74) is 0.770. The minimum Gasteiger partial charge on any atom is -0.489 e. The van der Waals surface area contributed by atoms with Gasteiger partial charge in [-0.2, -0.15) is 0 Å². The fraction of sp³-hybridized carbons (Fsp3) is 0.435. The van der Waals surface area contributed by atoms with Crippen LogP contribution in [-0.4, -0.2) is 54.5 Å². The molecule has 0 radical (unpaired) electrons. The molecule has 7 nitrogen and oxygen atoms in total. The maximum atomic E-state index is 12.5. The molecule has 1 fully saturated rings. The Balaban J connectivity index is 1.28. The summed E-state index contributed by atoms with van der Waals surface area (Å²) in [7, 11) is 0. The van der Waals surface area contributed by atoms with Gasteiger partial charge in [0.15, 0.2) is 11.5 Å². The van der Waals surface area contributed by atoms with Crippen LogP contribution in [0.25, 0.3) is 0 Å². The van der Waals surface area contributed by atoms with Crippen LogP contribution >= 0.6 is 11.6 Å². The SMILES string of the molecule is Cc1ccc(Cl)c(OCC2(O)CCCN(CC(=O)Nc3ccc4c(c3)OCO4)CC2)c1. The van der Waals surface area contributed by atoms with Crippen LogP contribution in [0, 0.1) is 6.92 Å². The standard InChI is InChI=1S/C23H27ClN2O5/c1-16-3-5-18(24)20(11-16)29-14-23(28)7-2-9-26(10-8-23)13-22(27)25-17-4-6-19-21(12-17)31-15-30-19/h3-6,11-12,28H,2,7-10,13-15H2,1H3,(H,25,27). The van der Waals surface area contributed by atoms with Crippen molar-refractivity contribution < 1.29 is 24.1 Å². The largest absolute Gasteiger partial charge is 0.489 e. The Hall–Kier alpha value is -2.48. The van der Waals surface area contributed by atoms with E-state index in [4.69, 9.17) is 25.8 Å². The number of nitrogens with zero attached hydrogens (tertiary/aromatic N) is 1. The number of halogens is 1. The third-order valence-electron chi connectivity index (χ3n) is 5.62. The molecule has 2 N–H and O–H groups in total. The zero-order chi connectivity index (χ0) is 21.8. The molecule has 0 aromatic heterocycles. The Bertz CT molecular complexity index is 954. The van der Waals surface area contributed by atoms with Crippen molar-refractivity contribution in [1.82, 2.24) is 4.90 Å². The lowest BCUT2D eigenvalue weighted by Gasteiger charge is -2.27. The topological polar surface area (TPSA) is 80.3 Å². The zero-order valence-corrected chi connectivity index (χ0v) is 18.3. The van der Waals surface area contributed by atoms with Gasteiger partial charge in [-0.3, -0.25) is 9.69 Å². The summed E-state index contributed by atoms with van der Waals surface area (Å²) in [6.07, 6.45) is 1.91. The van der Waals surface area contributed by atoms with Gasteiger partial charge in [0.1, 0.15) is 12.4 Å². The summed E-state index contributed by atoms with van der Waals surface area (Å²) in [4.78, 5) is 14.6. The van der Waals surface area contributed by atoms with E-state index in [1.165, 1.54) is 0 Å². The van der Waals surface area contributed by atoms with Crippen molar-refractivity contribution in [2.45, 2.75) is 31.8 Å². The number of aliphatic hydroxyl groups is 1. The number of anilines is 1. The molecule has 0 saturated carbocycles. The summed E-state index contributed by atoms with van der Waals surface area (Å²) in [5, 5.41) is 14.5. The molecule has 2 aromatic rings. The predicted octanol–water partition coefficient (Wildman–Crippen LogP) is 3.61. The van der Waals surface area contributed by atoms with E-state index in [0.717, 1.165) is 18.5 Å². The Morgan fingerprint density at radius 1 is 1.19 bits per heavy atom. The first kappa shape index (κ1) is 21.7. The van der Waals surface area contributed by atoms with Gasteiger partial charge >= 0.3 is 0 Å². The van der Waals surface area contributed by atoms with Gasteiger partial charge in [-0.25, -0.2) is 0 Å². The predicted molar refractivity (Wildman–Crippen MR) is 118 cm³/mol. The van der Waals surface area contributed by atoms with Gasteiger partial charge in [0, 0.05) is 18.3 Å². The average Bonchev–Trinajstić information content (AvgIpc) is 3.12. The second-order valence-electron chi connectivity index (χ2n) is 8.19. The third-order valence-corrected chi connectivity index (χ3v) is 5.93. The number of hydrogen-bond acceptors (Lipinski definition) is 6. The highest BCUT2D eigenvalue weighted by atomic mass is 35.5. The van der Waals surface area contributed by atoms with E-state index in [1.54, 1.807) is 24.3 Å². The van der Waals surface area contributed by atoms with Crippen molar-refractivity contribution in [3.8, 4) is 17.2 Å². The lowest BCUT2D eigenvalue weighted by Crippen LogP contribution is -2.38. The number of amides is 1. The number of aryl methyl sites for hydroxylation is 1. The summed E-state index contributed by atoms with van der Waals surface area (Å²) < 4.78 is 16.5. The van der Waals surface area contributed by atoms with Crippen LogP contribution < -0.4 is 19.5 Å². The van der Waals surface area contributed by atoms with E-state index >= 15 is 0 Å². The van der Waals surface area contributed by atoms with Crippen molar-refractivity contribution in [1.29, 1.82) is 0 Å². The molecule has 0 bridgehead atoms. The number of carbonyl (C=O) groups excluding carboxylic acids is 1. The van der Waals surface area contributed by atoms with Crippen LogP contribution in [0.5, 0.6) is 17.2 Å². The van der Waals surface area contributed by atoms with E-state index in [-0.39, 0.29) is 25.9 Å². The minimum absolute atomic E-state index is 0.105. The molecular formula is C23H27ClN2O5. The van der Waals surface area contributed by atoms with E-state index < -0.39 is 5.60 Å². The zero-order valence-electron chi connectivity index (χ0n) is 17.5. The molecule has 4 rings (SSSR count). The second kappa shape index (κ2) is 9.34. The molecule has 1 unspecified atom stereocenters. The number of rotatable bonds is 6. The van der Waals surface area contributed by atoms with Crippen LogP contribution in [-0.2, 0) is 4.79 Å². The van der Waals surface area contributed by atoms with E-state index in [1.807, 2.05) is 19.1 Å². The van der Waals surface area contributed by atoms with Gasteiger partial charge in [0.25, 0.3) is 0 Å². The summed E-state index contributed by atoms with van der Waals surface area (Å²) in [6, 6.07) is 10.9. The number of likely N-dealkylation sites (tertiary alicyclic amines) is 1. The number of ether oxygens (including phenoxy) is 3. The fourth-order valence-corrected chi connectivity index (χ4v) is 4.02. The first-order chi connectivity index (χ1) is 14.9. The highest BCUT2D eigenvalue weighted by molar-refractivity contribution is 6.32. The fourth-order valence-electron chi connectivity index (χ4n) is 3.85. The lowest BCUT2D eigenvalue weighted by atomic mass is 9.96. The Kier molecular flexibility index (Phi) is 6.55. The molecule has 0 aliphatic carbocycles. The molecule has 2 aromatic carbocycles. The van der Waals surface area contributed by atoms with Gasteiger partial charge in [-0.1, -0.05) is 17.7 Å². The normalized spacial score (nSPS) is 20.9. The van der Waals surface area contributed by atoms with Crippen LogP contribution in [0.3, 0.4) is 0 Å². The van der Waals surface area contributed by atoms with E-state index in [9.17, 15) is 9.90 Å². The number of hydrogen-bond donors (Lipinski definition) is 2. The van der Waals surface area contributed by atoms with Crippen LogP contribution in [0.4, 0.5) is 5.69 Å². The molecule has 8 heteroatoms.